The molecule has 31 heavy (non-hydrogen) atoms. The first-order chi connectivity index (χ1) is 14.7. The SMILES string of the molecule is Cc1ccc(S(=O)(=O)N2CC[NH+](CN3C(=O)N[C@@](C)(c4ccccc4)C3=O)CC2)cc1. The smallest absolute Gasteiger partial charge is 0.319 e. The summed E-state index contributed by atoms with van der Waals surface area (Å²) < 4.78 is 27.2. The molecule has 1 atom stereocenters. The number of amides is 3. The molecule has 2 N–H and O–H groups in total. The van der Waals surface area contributed by atoms with Crippen molar-refractivity contribution < 1.29 is 22.9 Å². The van der Waals surface area contributed by atoms with Crippen LogP contribution in [0.2, 0.25) is 0 Å². The number of urea groups is 1. The molecule has 2 fully saturated rings. The fraction of sp³-hybridized carbons (Fsp3) is 0.364. The van der Waals surface area contributed by atoms with Crippen LogP contribution in [0, 0.1) is 6.92 Å². The lowest BCUT2D eigenvalue weighted by molar-refractivity contribution is -0.910. The van der Waals surface area contributed by atoms with Gasteiger partial charge >= 0.3 is 6.03 Å². The number of carbonyl (C=O) groups is 2. The van der Waals surface area contributed by atoms with E-state index in [-0.39, 0.29) is 17.5 Å². The van der Waals surface area contributed by atoms with Gasteiger partial charge in [0.25, 0.3) is 5.91 Å². The van der Waals surface area contributed by atoms with Crippen LogP contribution in [0.4, 0.5) is 4.79 Å². The van der Waals surface area contributed by atoms with Gasteiger partial charge in [0.05, 0.1) is 31.1 Å². The van der Waals surface area contributed by atoms with E-state index >= 15 is 0 Å². The van der Waals surface area contributed by atoms with E-state index in [2.05, 4.69) is 5.32 Å². The van der Waals surface area contributed by atoms with Gasteiger partial charge in [-0.15, -0.1) is 0 Å². The highest BCUT2D eigenvalue weighted by atomic mass is 32.2. The third-order valence-electron chi connectivity index (χ3n) is 6.10. The van der Waals surface area contributed by atoms with Crippen molar-refractivity contribution in [2.24, 2.45) is 0 Å². The Morgan fingerprint density at radius 3 is 2.23 bits per heavy atom. The van der Waals surface area contributed by atoms with E-state index in [1.165, 1.54) is 9.21 Å². The molecule has 9 heteroatoms. The van der Waals surface area contributed by atoms with Gasteiger partial charge in [0, 0.05) is 0 Å². The number of piperazine rings is 1. The van der Waals surface area contributed by atoms with Crippen molar-refractivity contribution in [3.63, 3.8) is 0 Å². The zero-order valence-corrected chi connectivity index (χ0v) is 18.5. The number of hydrogen-bond acceptors (Lipinski definition) is 4. The van der Waals surface area contributed by atoms with Gasteiger partial charge in [-0.3, -0.25) is 4.79 Å². The van der Waals surface area contributed by atoms with Gasteiger partial charge in [0.15, 0.2) is 6.67 Å². The van der Waals surface area contributed by atoms with Gasteiger partial charge in [0.1, 0.15) is 5.54 Å². The van der Waals surface area contributed by atoms with E-state index in [4.69, 9.17) is 0 Å². The summed E-state index contributed by atoms with van der Waals surface area (Å²) in [5, 5.41) is 2.81. The zero-order valence-electron chi connectivity index (χ0n) is 17.7. The molecule has 0 aliphatic carbocycles. The molecule has 2 saturated heterocycles. The number of benzene rings is 2. The summed E-state index contributed by atoms with van der Waals surface area (Å²) in [4.78, 5) is 28.2. The molecule has 0 bridgehead atoms. The monoisotopic (exact) mass is 443 g/mol. The predicted octanol–water partition coefficient (Wildman–Crippen LogP) is 0.309. The van der Waals surface area contributed by atoms with E-state index in [0.717, 1.165) is 16.0 Å². The Labute approximate surface area is 182 Å². The van der Waals surface area contributed by atoms with Crippen molar-refractivity contribution in [3.8, 4) is 0 Å². The maximum Gasteiger partial charge on any atom is 0.329 e. The number of carbonyl (C=O) groups excluding carboxylic acids is 2. The van der Waals surface area contributed by atoms with Crippen LogP contribution in [0.3, 0.4) is 0 Å². The summed E-state index contributed by atoms with van der Waals surface area (Å²) in [7, 11) is -3.55. The summed E-state index contributed by atoms with van der Waals surface area (Å²) in [5.74, 6) is -0.286. The molecule has 0 radical (unpaired) electrons. The molecule has 8 nitrogen and oxygen atoms in total. The van der Waals surface area contributed by atoms with E-state index in [0.29, 0.717) is 26.2 Å². The number of rotatable bonds is 5. The minimum absolute atomic E-state index is 0.214. The Morgan fingerprint density at radius 2 is 1.61 bits per heavy atom. The molecule has 2 aliphatic rings. The van der Waals surface area contributed by atoms with Gasteiger partial charge < -0.3 is 10.2 Å². The molecule has 4 rings (SSSR count). The normalized spacial score (nSPS) is 23.2. The molecule has 2 aliphatic heterocycles. The van der Waals surface area contributed by atoms with Crippen LogP contribution in [0.25, 0.3) is 0 Å². The molecule has 2 heterocycles. The second-order valence-electron chi connectivity index (χ2n) is 8.28. The second kappa shape index (κ2) is 8.07. The van der Waals surface area contributed by atoms with E-state index in [1.54, 1.807) is 31.2 Å². The minimum Gasteiger partial charge on any atom is -0.319 e. The highest BCUT2D eigenvalue weighted by Gasteiger charge is 2.50. The topological polar surface area (TPSA) is 91.2 Å². The minimum atomic E-state index is -3.55. The molecule has 0 saturated carbocycles. The zero-order chi connectivity index (χ0) is 22.2. The highest BCUT2D eigenvalue weighted by Crippen LogP contribution is 2.28. The molecule has 2 aromatic rings. The molecule has 164 valence electrons. The van der Waals surface area contributed by atoms with Gasteiger partial charge in [-0.25, -0.2) is 18.1 Å². The van der Waals surface area contributed by atoms with Crippen LogP contribution >= 0.6 is 0 Å². The van der Waals surface area contributed by atoms with Gasteiger partial charge in [-0.05, 0) is 31.5 Å². The number of aryl methyl sites for hydroxylation is 1. The van der Waals surface area contributed by atoms with Crippen molar-refractivity contribution in [2.45, 2.75) is 24.3 Å². The van der Waals surface area contributed by atoms with Gasteiger partial charge in [0.2, 0.25) is 10.0 Å². The number of sulfonamides is 1. The lowest BCUT2D eigenvalue weighted by Gasteiger charge is -2.33. The predicted molar refractivity (Wildman–Crippen MR) is 115 cm³/mol. The van der Waals surface area contributed by atoms with Crippen molar-refractivity contribution in [1.82, 2.24) is 14.5 Å². The number of nitrogens with one attached hydrogen (secondary N) is 2. The quantitative estimate of drug-likeness (QED) is 0.651. The first-order valence-electron chi connectivity index (χ1n) is 10.3. The third-order valence-corrected chi connectivity index (χ3v) is 8.01. The molecular weight excluding hydrogens is 416 g/mol. The average Bonchev–Trinajstić information content (AvgIpc) is 2.99. The van der Waals surface area contributed by atoms with Crippen LogP contribution in [-0.2, 0) is 20.4 Å². The fourth-order valence-corrected chi connectivity index (χ4v) is 5.53. The van der Waals surface area contributed by atoms with Crippen LogP contribution < -0.4 is 10.2 Å². The molecule has 3 amide bonds. The first-order valence-corrected chi connectivity index (χ1v) is 11.8. The summed E-state index contributed by atoms with van der Waals surface area (Å²) in [5.41, 5.74) is 0.651. The molecule has 0 spiro atoms. The molecule has 2 aromatic carbocycles. The average molecular weight is 444 g/mol. The number of imide groups is 1. The Hall–Kier alpha value is -2.75. The van der Waals surface area contributed by atoms with Crippen molar-refractivity contribution >= 4 is 22.0 Å². The summed E-state index contributed by atoms with van der Waals surface area (Å²) in [6, 6.07) is 15.6. The number of hydrogen-bond donors (Lipinski definition) is 2. The number of nitrogens with zero attached hydrogens (tertiary/aromatic N) is 2. The number of quaternary nitrogens is 1. The first kappa shape index (κ1) is 21.5. The fourth-order valence-electron chi connectivity index (χ4n) is 4.09. The highest BCUT2D eigenvalue weighted by molar-refractivity contribution is 7.89. The second-order valence-corrected chi connectivity index (χ2v) is 10.2. The molecule has 0 unspecified atom stereocenters. The van der Waals surface area contributed by atoms with E-state index in [1.807, 2.05) is 37.3 Å². The Morgan fingerprint density at radius 1 is 1.00 bits per heavy atom. The van der Waals surface area contributed by atoms with Crippen LogP contribution in [-0.4, -0.2) is 62.4 Å². The maximum absolute atomic E-state index is 13.1. The maximum atomic E-state index is 13.1. The summed E-state index contributed by atoms with van der Waals surface area (Å²) in [6.07, 6.45) is 0. The standard InChI is InChI=1S/C22H26N4O4S/c1-17-8-10-19(11-9-17)31(29,30)25-14-12-24(13-15-25)16-26-20(27)22(2,23-21(26)28)18-6-4-3-5-7-18/h3-11H,12-16H2,1-2H3,(H,23,28)/p+1/t22-/m0/s1. The lowest BCUT2D eigenvalue weighted by atomic mass is 9.92. The molecular formula is C22H27N4O4S+. The van der Waals surface area contributed by atoms with Crippen LogP contribution in [0.1, 0.15) is 18.1 Å². The Bertz CT molecular complexity index is 1080. The Kier molecular flexibility index (Phi) is 5.59. The lowest BCUT2D eigenvalue weighted by Crippen LogP contribution is -3.16. The van der Waals surface area contributed by atoms with Crippen molar-refractivity contribution in [2.75, 3.05) is 32.8 Å². The van der Waals surface area contributed by atoms with E-state index in [9.17, 15) is 18.0 Å². The van der Waals surface area contributed by atoms with Crippen LogP contribution in [0.15, 0.2) is 59.5 Å². The Balaban J connectivity index is 1.40. The van der Waals surface area contributed by atoms with Gasteiger partial charge in [-0.2, -0.15) is 4.31 Å². The largest absolute Gasteiger partial charge is 0.329 e. The third kappa shape index (κ3) is 3.96. The van der Waals surface area contributed by atoms with Gasteiger partial charge in [-0.1, -0.05) is 48.0 Å². The van der Waals surface area contributed by atoms with Crippen molar-refractivity contribution in [1.29, 1.82) is 0 Å². The molecule has 0 aromatic heterocycles. The van der Waals surface area contributed by atoms with E-state index < -0.39 is 21.6 Å². The van der Waals surface area contributed by atoms with Crippen LogP contribution in [0.5, 0.6) is 0 Å². The van der Waals surface area contributed by atoms with Crippen molar-refractivity contribution in [3.05, 3.63) is 65.7 Å². The summed E-state index contributed by atoms with van der Waals surface area (Å²) in [6.45, 7) is 5.55. The summed E-state index contributed by atoms with van der Waals surface area (Å²) >= 11 is 0.